The third-order valence-corrected chi connectivity index (χ3v) is 6.69. The minimum absolute atomic E-state index is 0.0529. The molecule has 5 rings (SSSR count). The maximum atomic E-state index is 15.0. The quantitative estimate of drug-likeness (QED) is 0.323. The Kier molecular flexibility index (Phi) is 6.58. The number of thiazole rings is 1. The Hall–Kier alpha value is -4.67. The number of hydrogen-bond donors (Lipinski definition) is 2. The summed E-state index contributed by atoms with van der Waals surface area (Å²) in [5.74, 6) is -1.69. The third kappa shape index (κ3) is 4.70. The molecule has 14 heteroatoms. The SMILES string of the molecule is CNc1nc2cc(F)c(Nc3nc(=O)n(-c4cncc(Cl)c4)c(=O)n3Cc3ccc(F)c(C#N)c3)cc2s1. The van der Waals surface area contributed by atoms with Gasteiger partial charge in [-0.2, -0.15) is 10.2 Å². The lowest BCUT2D eigenvalue weighted by Crippen LogP contribution is -2.41. The zero-order valence-electron chi connectivity index (χ0n) is 19.4. The number of rotatable bonds is 6. The van der Waals surface area contributed by atoms with Crippen molar-refractivity contribution in [3.05, 3.63) is 97.5 Å². The molecule has 38 heavy (non-hydrogen) atoms. The van der Waals surface area contributed by atoms with E-state index in [4.69, 9.17) is 11.6 Å². The van der Waals surface area contributed by atoms with Crippen molar-refractivity contribution >= 4 is 49.9 Å². The van der Waals surface area contributed by atoms with Gasteiger partial charge in [0.2, 0.25) is 5.95 Å². The highest BCUT2D eigenvalue weighted by molar-refractivity contribution is 7.22. The molecule has 0 aliphatic rings. The summed E-state index contributed by atoms with van der Waals surface area (Å²) in [5.41, 5.74) is -1.25. The highest BCUT2D eigenvalue weighted by Gasteiger charge is 2.18. The van der Waals surface area contributed by atoms with Crippen molar-refractivity contribution in [2.75, 3.05) is 17.7 Å². The zero-order valence-corrected chi connectivity index (χ0v) is 20.9. The molecule has 0 saturated heterocycles. The van der Waals surface area contributed by atoms with Gasteiger partial charge in [-0.05, 0) is 29.8 Å². The van der Waals surface area contributed by atoms with Crippen LogP contribution in [-0.4, -0.2) is 31.1 Å². The van der Waals surface area contributed by atoms with Crippen molar-refractivity contribution in [1.29, 1.82) is 5.26 Å². The molecule has 0 aliphatic heterocycles. The van der Waals surface area contributed by atoms with Gasteiger partial charge in [0.05, 0.1) is 44.9 Å². The standard InChI is InChI=1S/C24H15ClF2N8O2S/c1-29-22-32-19-6-17(27)18(7-20(19)38-22)31-21-33-23(36)35(15-5-14(25)9-30-10-15)24(37)34(21)11-12-2-3-16(26)13(4-12)8-28/h2-7,9-10H,11H2,1H3,(H,29,32)(H,31,33,36). The molecular weight excluding hydrogens is 538 g/mol. The molecule has 3 aromatic heterocycles. The van der Waals surface area contributed by atoms with Gasteiger partial charge in [0, 0.05) is 19.3 Å². The van der Waals surface area contributed by atoms with Crippen LogP contribution in [0, 0.1) is 23.0 Å². The van der Waals surface area contributed by atoms with Crippen LogP contribution in [0.4, 0.5) is 25.5 Å². The van der Waals surface area contributed by atoms with E-state index in [-0.39, 0.29) is 34.5 Å². The number of nitrogens with zero attached hydrogens (tertiary/aromatic N) is 6. The molecule has 3 heterocycles. The van der Waals surface area contributed by atoms with Gasteiger partial charge in [0.25, 0.3) is 0 Å². The van der Waals surface area contributed by atoms with E-state index in [0.717, 1.165) is 15.2 Å². The number of pyridine rings is 1. The molecule has 2 aromatic carbocycles. The Bertz CT molecular complexity index is 1880. The van der Waals surface area contributed by atoms with Crippen LogP contribution in [0.15, 0.2) is 58.4 Å². The molecule has 0 atom stereocenters. The minimum atomic E-state index is -0.966. The first-order chi connectivity index (χ1) is 18.3. The van der Waals surface area contributed by atoms with Crippen LogP contribution in [0.1, 0.15) is 11.1 Å². The van der Waals surface area contributed by atoms with Gasteiger partial charge in [-0.15, -0.1) is 0 Å². The first kappa shape index (κ1) is 25.0. The van der Waals surface area contributed by atoms with Crippen LogP contribution < -0.4 is 22.0 Å². The summed E-state index contributed by atoms with van der Waals surface area (Å²) in [4.78, 5) is 38.7. The molecule has 5 aromatic rings. The fourth-order valence-corrected chi connectivity index (χ4v) is 4.69. The molecule has 0 radical (unpaired) electrons. The van der Waals surface area contributed by atoms with Crippen molar-refractivity contribution in [1.82, 2.24) is 24.1 Å². The normalized spacial score (nSPS) is 10.9. The van der Waals surface area contributed by atoms with Crippen LogP contribution in [0.2, 0.25) is 5.02 Å². The van der Waals surface area contributed by atoms with Crippen molar-refractivity contribution in [3.8, 4) is 11.8 Å². The Balaban J connectivity index is 1.68. The molecule has 10 nitrogen and oxygen atoms in total. The van der Waals surface area contributed by atoms with Crippen LogP contribution in [0.25, 0.3) is 15.9 Å². The molecule has 0 saturated carbocycles. The summed E-state index contributed by atoms with van der Waals surface area (Å²) >= 11 is 7.28. The smallest absolute Gasteiger partial charge is 0.359 e. The fraction of sp³-hybridized carbons (Fsp3) is 0.0833. The van der Waals surface area contributed by atoms with Gasteiger partial charge < -0.3 is 10.6 Å². The Morgan fingerprint density at radius 2 is 1.92 bits per heavy atom. The molecule has 2 N–H and O–H groups in total. The van der Waals surface area contributed by atoms with Crippen LogP contribution in [-0.2, 0) is 6.54 Å². The van der Waals surface area contributed by atoms with Gasteiger partial charge in [-0.25, -0.2) is 27.9 Å². The van der Waals surface area contributed by atoms with Crippen molar-refractivity contribution in [2.24, 2.45) is 0 Å². The number of anilines is 3. The van der Waals surface area contributed by atoms with Crippen LogP contribution in [0.5, 0.6) is 0 Å². The highest BCUT2D eigenvalue weighted by Crippen LogP contribution is 2.31. The zero-order chi connectivity index (χ0) is 27.0. The lowest BCUT2D eigenvalue weighted by molar-refractivity contribution is 0.618. The van der Waals surface area contributed by atoms with Gasteiger partial charge in [-0.3, -0.25) is 9.55 Å². The number of halogens is 3. The average Bonchev–Trinajstić information content (AvgIpc) is 3.29. The summed E-state index contributed by atoms with van der Waals surface area (Å²) in [6, 6.07) is 9.55. The third-order valence-electron chi connectivity index (χ3n) is 5.45. The Morgan fingerprint density at radius 3 is 2.66 bits per heavy atom. The van der Waals surface area contributed by atoms with Crippen molar-refractivity contribution < 1.29 is 8.78 Å². The second kappa shape index (κ2) is 10.0. The van der Waals surface area contributed by atoms with Crippen molar-refractivity contribution in [2.45, 2.75) is 6.54 Å². The van der Waals surface area contributed by atoms with Gasteiger partial charge in [-0.1, -0.05) is 29.0 Å². The summed E-state index contributed by atoms with van der Waals surface area (Å²) in [6.45, 7) is -0.230. The van der Waals surface area contributed by atoms with Crippen LogP contribution >= 0.6 is 22.9 Å². The van der Waals surface area contributed by atoms with E-state index in [2.05, 4.69) is 25.6 Å². The lowest BCUT2D eigenvalue weighted by Gasteiger charge is -2.16. The first-order valence-electron chi connectivity index (χ1n) is 10.9. The van der Waals surface area contributed by atoms with E-state index in [1.807, 2.05) is 0 Å². The Morgan fingerprint density at radius 1 is 1.11 bits per heavy atom. The average molecular weight is 553 g/mol. The van der Waals surface area contributed by atoms with E-state index in [1.54, 1.807) is 13.1 Å². The van der Waals surface area contributed by atoms with Gasteiger partial charge in [0.15, 0.2) is 5.13 Å². The summed E-state index contributed by atoms with van der Waals surface area (Å²) in [6.07, 6.45) is 2.59. The highest BCUT2D eigenvalue weighted by atomic mass is 35.5. The minimum Gasteiger partial charge on any atom is -0.365 e. The maximum Gasteiger partial charge on any atom is 0.359 e. The molecule has 0 bridgehead atoms. The topological polar surface area (TPSA) is 131 Å². The molecule has 190 valence electrons. The monoisotopic (exact) mass is 552 g/mol. The summed E-state index contributed by atoms with van der Waals surface area (Å²) < 4.78 is 31.3. The predicted molar refractivity (Wildman–Crippen MR) is 140 cm³/mol. The summed E-state index contributed by atoms with van der Waals surface area (Å²) in [7, 11) is 1.69. The molecule has 0 spiro atoms. The number of fused-ring (bicyclic) bond motifs is 1. The molecule has 0 amide bonds. The second-order valence-electron chi connectivity index (χ2n) is 7.90. The van der Waals surface area contributed by atoms with E-state index >= 15 is 0 Å². The molecule has 0 fully saturated rings. The number of hydrogen-bond acceptors (Lipinski definition) is 9. The van der Waals surface area contributed by atoms with E-state index in [9.17, 15) is 23.6 Å². The molecule has 0 aliphatic carbocycles. The predicted octanol–water partition coefficient (Wildman–Crippen LogP) is 4.04. The summed E-state index contributed by atoms with van der Waals surface area (Å²) in [5, 5.41) is 15.6. The molecule has 0 unspecified atom stereocenters. The van der Waals surface area contributed by atoms with Gasteiger partial charge in [0.1, 0.15) is 17.7 Å². The second-order valence-corrected chi connectivity index (χ2v) is 9.37. The van der Waals surface area contributed by atoms with E-state index in [0.29, 0.717) is 20.9 Å². The van der Waals surface area contributed by atoms with Crippen molar-refractivity contribution in [3.63, 3.8) is 0 Å². The largest absolute Gasteiger partial charge is 0.365 e. The lowest BCUT2D eigenvalue weighted by atomic mass is 10.1. The fourth-order valence-electron chi connectivity index (χ4n) is 3.69. The first-order valence-corrected chi connectivity index (χ1v) is 12.0. The van der Waals surface area contributed by atoms with Crippen LogP contribution in [0.3, 0.4) is 0 Å². The number of benzene rings is 2. The molecular formula is C24H15ClF2N8O2S. The number of aromatic nitrogens is 5. The van der Waals surface area contributed by atoms with E-state index < -0.39 is 23.0 Å². The number of nitriles is 1. The van der Waals surface area contributed by atoms with Gasteiger partial charge >= 0.3 is 11.4 Å². The maximum absolute atomic E-state index is 15.0. The Labute approximate surface area is 221 Å². The number of nitrogens with one attached hydrogen (secondary N) is 2. The van der Waals surface area contributed by atoms with E-state index in [1.165, 1.54) is 54.1 Å².